The molecule has 1 fully saturated rings. The molecule has 0 spiro atoms. The monoisotopic (exact) mass is 311 g/mol. The van der Waals surface area contributed by atoms with Crippen molar-refractivity contribution in [2.75, 3.05) is 19.7 Å². The van der Waals surface area contributed by atoms with Crippen LogP contribution < -0.4 is 10.5 Å². The minimum Gasteiger partial charge on any atom is -0.484 e. The predicted molar refractivity (Wildman–Crippen MR) is 79.7 cm³/mol. The summed E-state index contributed by atoms with van der Waals surface area (Å²) in [6.45, 7) is 1.14. The summed E-state index contributed by atoms with van der Waals surface area (Å²) in [5.41, 5.74) is 5.58. The van der Waals surface area contributed by atoms with E-state index in [1.54, 1.807) is 29.2 Å². The maximum absolute atomic E-state index is 12.1. The van der Waals surface area contributed by atoms with Crippen molar-refractivity contribution in [2.24, 2.45) is 16.8 Å². The van der Waals surface area contributed by atoms with Gasteiger partial charge in [0.25, 0.3) is 5.91 Å². The minimum absolute atomic E-state index is 0.0193. The first-order valence-corrected chi connectivity index (χ1v) is 7.11. The van der Waals surface area contributed by atoms with E-state index in [4.69, 9.17) is 27.3 Å². The van der Waals surface area contributed by atoms with E-state index in [2.05, 4.69) is 5.16 Å². The molecule has 1 aromatic rings. The van der Waals surface area contributed by atoms with Gasteiger partial charge in [0, 0.05) is 24.0 Å². The number of rotatable bonds is 4. The number of likely N-dealkylation sites (tertiary alicyclic amines) is 1. The van der Waals surface area contributed by atoms with E-state index in [1.807, 2.05) is 0 Å². The summed E-state index contributed by atoms with van der Waals surface area (Å²) in [5, 5.41) is 12.2. The molecule has 0 aromatic heterocycles. The molecule has 0 radical (unpaired) electrons. The number of amidine groups is 1. The molecule has 21 heavy (non-hydrogen) atoms. The average Bonchev–Trinajstić information content (AvgIpc) is 2.52. The Labute approximate surface area is 128 Å². The lowest BCUT2D eigenvalue weighted by molar-refractivity contribution is -0.134. The van der Waals surface area contributed by atoms with Crippen molar-refractivity contribution >= 4 is 23.3 Å². The summed E-state index contributed by atoms with van der Waals surface area (Å²) in [4.78, 5) is 13.8. The van der Waals surface area contributed by atoms with Gasteiger partial charge < -0.3 is 20.6 Å². The van der Waals surface area contributed by atoms with Crippen LogP contribution in [-0.4, -0.2) is 41.5 Å². The van der Waals surface area contributed by atoms with Crippen molar-refractivity contribution in [3.63, 3.8) is 0 Å². The first kappa shape index (κ1) is 15.4. The van der Waals surface area contributed by atoms with E-state index in [-0.39, 0.29) is 24.3 Å². The summed E-state index contributed by atoms with van der Waals surface area (Å²) in [6.07, 6.45) is 1.39. The van der Waals surface area contributed by atoms with Crippen LogP contribution in [0.25, 0.3) is 0 Å². The Kier molecular flexibility index (Phi) is 5.27. The lowest BCUT2D eigenvalue weighted by Crippen LogP contribution is -2.43. The van der Waals surface area contributed by atoms with Crippen LogP contribution >= 0.6 is 11.6 Å². The third-order valence-electron chi connectivity index (χ3n) is 3.54. The average molecular weight is 312 g/mol. The highest BCUT2D eigenvalue weighted by atomic mass is 35.5. The number of carbonyl (C=O) groups excluding carboxylic acids is 1. The number of oxime groups is 1. The predicted octanol–water partition coefficient (Wildman–Crippen LogP) is 1.70. The summed E-state index contributed by atoms with van der Waals surface area (Å²) >= 11 is 5.85. The van der Waals surface area contributed by atoms with Gasteiger partial charge in [-0.1, -0.05) is 22.8 Å². The number of nitrogens with zero attached hydrogens (tertiary/aromatic N) is 2. The van der Waals surface area contributed by atoms with E-state index in [1.165, 1.54) is 0 Å². The van der Waals surface area contributed by atoms with Crippen LogP contribution in [0.1, 0.15) is 12.8 Å². The Morgan fingerprint density at radius 3 is 2.81 bits per heavy atom. The molecule has 1 amide bonds. The van der Waals surface area contributed by atoms with Gasteiger partial charge in [-0.15, -0.1) is 0 Å². The van der Waals surface area contributed by atoms with Gasteiger partial charge in [0.2, 0.25) is 0 Å². The van der Waals surface area contributed by atoms with Gasteiger partial charge in [0.1, 0.15) is 11.6 Å². The molecule has 6 nitrogen and oxygen atoms in total. The number of hydrogen-bond donors (Lipinski definition) is 2. The third kappa shape index (κ3) is 4.26. The summed E-state index contributed by atoms with van der Waals surface area (Å²) in [7, 11) is 0. The Morgan fingerprint density at radius 2 is 2.19 bits per heavy atom. The molecule has 0 aliphatic carbocycles. The summed E-state index contributed by atoms with van der Waals surface area (Å²) < 4.78 is 5.43. The number of piperidine rings is 1. The van der Waals surface area contributed by atoms with Crippen molar-refractivity contribution in [3.05, 3.63) is 29.3 Å². The Balaban J connectivity index is 1.80. The maximum Gasteiger partial charge on any atom is 0.260 e. The van der Waals surface area contributed by atoms with Crippen molar-refractivity contribution < 1.29 is 14.7 Å². The second-order valence-electron chi connectivity index (χ2n) is 4.93. The largest absolute Gasteiger partial charge is 0.484 e. The van der Waals surface area contributed by atoms with Gasteiger partial charge in [-0.2, -0.15) is 0 Å². The van der Waals surface area contributed by atoms with Gasteiger partial charge in [-0.25, -0.2) is 0 Å². The highest BCUT2D eigenvalue weighted by Gasteiger charge is 2.25. The summed E-state index contributed by atoms with van der Waals surface area (Å²) in [6, 6.07) is 6.93. The van der Waals surface area contributed by atoms with E-state index < -0.39 is 0 Å². The highest BCUT2D eigenvalue weighted by Crippen LogP contribution is 2.19. The van der Waals surface area contributed by atoms with Crippen molar-refractivity contribution in [1.82, 2.24) is 4.90 Å². The van der Waals surface area contributed by atoms with E-state index in [0.29, 0.717) is 36.7 Å². The van der Waals surface area contributed by atoms with Crippen LogP contribution in [0.2, 0.25) is 5.02 Å². The zero-order chi connectivity index (χ0) is 15.2. The molecule has 2 rings (SSSR count). The number of nitrogens with two attached hydrogens (primary N) is 1. The van der Waals surface area contributed by atoms with Gasteiger partial charge in [0.15, 0.2) is 6.61 Å². The number of hydrogen-bond acceptors (Lipinski definition) is 4. The number of benzene rings is 1. The molecule has 0 unspecified atom stereocenters. The van der Waals surface area contributed by atoms with E-state index >= 15 is 0 Å². The zero-order valence-corrected chi connectivity index (χ0v) is 12.3. The first-order chi connectivity index (χ1) is 10.1. The molecule has 1 aromatic carbocycles. The number of halogens is 1. The molecule has 1 aliphatic rings. The van der Waals surface area contributed by atoms with Crippen LogP contribution in [0.3, 0.4) is 0 Å². The molecule has 0 saturated carbocycles. The van der Waals surface area contributed by atoms with Gasteiger partial charge in [-0.3, -0.25) is 4.79 Å². The number of ether oxygens (including phenoxy) is 1. The SMILES string of the molecule is NC(=NO)C1CCN(C(=O)COc2cccc(Cl)c2)CC1. The van der Waals surface area contributed by atoms with Crippen molar-refractivity contribution in [3.8, 4) is 5.75 Å². The smallest absolute Gasteiger partial charge is 0.260 e. The second kappa shape index (κ2) is 7.17. The molecule has 1 heterocycles. The molecule has 114 valence electrons. The minimum atomic E-state index is -0.0760. The molecule has 7 heteroatoms. The molecule has 1 aliphatic heterocycles. The fourth-order valence-electron chi connectivity index (χ4n) is 2.30. The van der Waals surface area contributed by atoms with Crippen molar-refractivity contribution in [2.45, 2.75) is 12.8 Å². The lowest BCUT2D eigenvalue weighted by Gasteiger charge is -2.31. The van der Waals surface area contributed by atoms with Gasteiger partial charge in [0.05, 0.1) is 0 Å². The molecule has 0 atom stereocenters. The fraction of sp³-hybridized carbons (Fsp3) is 0.429. The molecular formula is C14H18ClN3O3. The van der Waals surface area contributed by atoms with Crippen LogP contribution in [-0.2, 0) is 4.79 Å². The van der Waals surface area contributed by atoms with Crippen LogP contribution in [0.5, 0.6) is 5.75 Å². The summed E-state index contributed by atoms with van der Waals surface area (Å²) in [5.74, 6) is 0.764. The van der Waals surface area contributed by atoms with Crippen molar-refractivity contribution in [1.29, 1.82) is 0 Å². The van der Waals surface area contributed by atoms with E-state index in [9.17, 15) is 4.79 Å². The highest BCUT2D eigenvalue weighted by molar-refractivity contribution is 6.30. The maximum atomic E-state index is 12.1. The first-order valence-electron chi connectivity index (χ1n) is 6.73. The third-order valence-corrected chi connectivity index (χ3v) is 3.77. The van der Waals surface area contributed by atoms with Crippen LogP contribution in [0, 0.1) is 5.92 Å². The van der Waals surface area contributed by atoms with Crippen LogP contribution in [0.15, 0.2) is 29.4 Å². The quantitative estimate of drug-likeness (QED) is 0.383. The Bertz CT molecular complexity index is 528. The zero-order valence-electron chi connectivity index (χ0n) is 11.5. The standard InChI is InChI=1S/C14H18ClN3O3/c15-11-2-1-3-12(8-11)21-9-13(19)18-6-4-10(5-7-18)14(16)17-20/h1-3,8,10,20H,4-7,9H2,(H2,16,17). The number of amides is 1. The fourth-order valence-corrected chi connectivity index (χ4v) is 2.48. The van der Waals surface area contributed by atoms with Crippen LogP contribution in [0.4, 0.5) is 0 Å². The normalized spacial score (nSPS) is 16.8. The Hall–Kier alpha value is -1.95. The lowest BCUT2D eigenvalue weighted by atomic mass is 9.96. The molecular weight excluding hydrogens is 294 g/mol. The Morgan fingerprint density at radius 1 is 1.48 bits per heavy atom. The number of carbonyl (C=O) groups is 1. The second-order valence-corrected chi connectivity index (χ2v) is 5.36. The molecule has 1 saturated heterocycles. The van der Waals surface area contributed by atoms with Gasteiger partial charge in [-0.05, 0) is 31.0 Å². The topological polar surface area (TPSA) is 88.2 Å². The van der Waals surface area contributed by atoms with E-state index in [0.717, 1.165) is 0 Å². The molecule has 0 bridgehead atoms. The van der Waals surface area contributed by atoms with Gasteiger partial charge >= 0.3 is 0 Å². The molecule has 3 N–H and O–H groups in total.